The third kappa shape index (κ3) is 4.11. The second-order valence-corrected chi connectivity index (χ2v) is 12.3. The molecule has 1 heterocycles. The van der Waals surface area contributed by atoms with Gasteiger partial charge in [-0.3, -0.25) is 0 Å². The lowest BCUT2D eigenvalue weighted by Gasteiger charge is -2.58. The molecule has 0 saturated heterocycles. The van der Waals surface area contributed by atoms with Crippen molar-refractivity contribution in [1.82, 2.24) is 9.55 Å². The van der Waals surface area contributed by atoms with Crippen molar-refractivity contribution >= 4 is 12.1 Å². The molecule has 1 aromatic rings. The van der Waals surface area contributed by atoms with Crippen LogP contribution in [-0.2, 0) is 4.74 Å². The standard InChI is InChI=1S/C26H38N2O5/c1-25(2,3)33-24(32)28-20(19(23(30)31)27-22(28)18-7-5-4-6-8-18)21(29)26-12-15-9-16(13-26)11-17(10-15)14-26/h15-18,21,29H,4-14H2,1-3H3,(H,30,31). The Labute approximate surface area is 195 Å². The molecule has 6 rings (SSSR count). The largest absolute Gasteiger partial charge is 0.476 e. The van der Waals surface area contributed by atoms with Gasteiger partial charge in [0.2, 0.25) is 0 Å². The van der Waals surface area contributed by atoms with Crippen molar-refractivity contribution in [2.24, 2.45) is 23.2 Å². The number of aromatic carboxylic acids is 1. The summed E-state index contributed by atoms with van der Waals surface area (Å²) in [5.41, 5.74) is -1.14. The number of aliphatic hydroxyl groups is 1. The van der Waals surface area contributed by atoms with Gasteiger partial charge in [-0.15, -0.1) is 0 Å². The third-order valence-electron chi connectivity index (χ3n) is 8.61. The van der Waals surface area contributed by atoms with Crippen LogP contribution in [0.2, 0.25) is 0 Å². The molecule has 0 radical (unpaired) electrons. The number of carboxylic acid groups (broad SMARTS) is 1. The molecule has 5 saturated carbocycles. The fourth-order valence-corrected chi connectivity index (χ4v) is 7.80. The first-order valence-corrected chi connectivity index (χ1v) is 12.8. The minimum atomic E-state index is -1.19. The summed E-state index contributed by atoms with van der Waals surface area (Å²) in [6.07, 6.45) is 9.63. The Hall–Kier alpha value is -1.89. The smallest absolute Gasteiger partial charge is 0.420 e. The Morgan fingerprint density at radius 2 is 1.58 bits per heavy atom. The van der Waals surface area contributed by atoms with E-state index in [4.69, 9.17) is 4.74 Å². The number of ether oxygens (including phenoxy) is 1. The summed E-state index contributed by atoms with van der Waals surface area (Å²) in [6, 6.07) is 0. The Kier molecular flexibility index (Phi) is 5.62. The van der Waals surface area contributed by atoms with Crippen molar-refractivity contribution in [2.45, 2.75) is 109 Å². The van der Waals surface area contributed by atoms with Crippen molar-refractivity contribution < 1.29 is 24.5 Å². The topological polar surface area (TPSA) is 102 Å². The minimum absolute atomic E-state index is 0.00156. The second-order valence-electron chi connectivity index (χ2n) is 12.3. The molecule has 1 atom stereocenters. The van der Waals surface area contributed by atoms with Crippen LogP contribution in [0.4, 0.5) is 4.79 Å². The zero-order valence-electron chi connectivity index (χ0n) is 20.2. The zero-order valence-corrected chi connectivity index (χ0v) is 20.2. The maximum Gasteiger partial charge on any atom is 0.420 e. The molecule has 1 aromatic heterocycles. The molecule has 2 N–H and O–H groups in total. The predicted octanol–water partition coefficient (Wildman–Crippen LogP) is 5.66. The van der Waals surface area contributed by atoms with Gasteiger partial charge >= 0.3 is 12.1 Å². The Balaban J connectivity index is 1.62. The SMILES string of the molecule is CC(C)(C)OC(=O)n1c(C2CCCCC2)nc(C(=O)O)c1C(O)C12CC3CC(CC(C3)C1)C2. The number of imidazole rings is 1. The monoisotopic (exact) mass is 458 g/mol. The fraction of sp³-hybridized carbons (Fsp3) is 0.808. The van der Waals surface area contributed by atoms with Crippen LogP contribution >= 0.6 is 0 Å². The number of rotatable bonds is 4. The zero-order chi connectivity index (χ0) is 23.5. The van der Waals surface area contributed by atoms with Crippen molar-refractivity contribution in [3.63, 3.8) is 0 Å². The van der Waals surface area contributed by atoms with E-state index in [1.165, 1.54) is 23.8 Å². The third-order valence-corrected chi connectivity index (χ3v) is 8.61. The lowest BCUT2D eigenvalue weighted by molar-refractivity contribution is -0.124. The van der Waals surface area contributed by atoms with Gasteiger partial charge in [-0.25, -0.2) is 19.1 Å². The molecule has 182 valence electrons. The van der Waals surface area contributed by atoms with E-state index in [0.717, 1.165) is 51.4 Å². The number of aromatic nitrogens is 2. The van der Waals surface area contributed by atoms with Crippen LogP contribution in [0.15, 0.2) is 0 Å². The van der Waals surface area contributed by atoms with Gasteiger partial charge in [0, 0.05) is 11.3 Å². The highest BCUT2D eigenvalue weighted by Crippen LogP contribution is 2.64. The van der Waals surface area contributed by atoms with E-state index in [2.05, 4.69) is 4.98 Å². The molecule has 5 aliphatic carbocycles. The van der Waals surface area contributed by atoms with Crippen LogP contribution in [0.5, 0.6) is 0 Å². The van der Waals surface area contributed by atoms with Crippen molar-refractivity contribution in [3.05, 3.63) is 17.2 Å². The molecule has 7 nitrogen and oxygen atoms in total. The summed E-state index contributed by atoms with van der Waals surface area (Å²) in [7, 11) is 0. The molecule has 0 aliphatic heterocycles. The van der Waals surface area contributed by atoms with E-state index in [-0.39, 0.29) is 22.7 Å². The van der Waals surface area contributed by atoms with Crippen molar-refractivity contribution in [1.29, 1.82) is 0 Å². The quantitative estimate of drug-likeness (QED) is 0.603. The van der Waals surface area contributed by atoms with Crippen molar-refractivity contribution in [2.75, 3.05) is 0 Å². The molecule has 33 heavy (non-hydrogen) atoms. The Morgan fingerprint density at radius 3 is 2.06 bits per heavy atom. The van der Waals surface area contributed by atoms with Gasteiger partial charge in [0.15, 0.2) is 5.69 Å². The normalized spacial score (nSPS) is 32.7. The van der Waals surface area contributed by atoms with Crippen LogP contribution in [0.1, 0.15) is 125 Å². The summed E-state index contributed by atoms with van der Waals surface area (Å²) < 4.78 is 7.11. The molecular formula is C26H38N2O5. The number of hydrogen-bond donors (Lipinski definition) is 2. The van der Waals surface area contributed by atoms with Crippen LogP contribution in [-0.4, -0.2) is 37.4 Å². The summed E-state index contributed by atoms with van der Waals surface area (Å²) in [5, 5.41) is 22.0. The van der Waals surface area contributed by atoms with Crippen LogP contribution in [0.3, 0.4) is 0 Å². The molecule has 4 bridgehead atoms. The summed E-state index contributed by atoms with van der Waals surface area (Å²) in [4.78, 5) is 30.4. The van der Waals surface area contributed by atoms with E-state index in [9.17, 15) is 19.8 Å². The average Bonchev–Trinajstić information content (AvgIpc) is 3.12. The molecular weight excluding hydrogens is 420 g/mol. The van der Waals surface area contributed by atoms with Gasteiger partial charge in [-0.05, 0) is 89.9 Å². The predicted molar refractivity (Wildman–Crippen MR) is 122 cm³/mol. The van der Waals surface area contributed by atoms with Gasteiger partial charge in [-0.1, -0.05) is 19.3 Å². The first-order chi connectivity index (χ1) is 15.6. The number of nitrogens with zero attached hydrogens (tertiary/aromatic N) is 2. The highest BCUT2D eigenvalue weighted by molar-refractivity contribution is 5.89. The number of carbonyl (C=O) groups excluding carboxylic acids is 1. The van der Waals surface area contributed by atoms with Gasteiger partial charge in [-0.2, -0.15) is 0 Å². The van der Waals surface area contributed by atoms with Gasteiger partial charge < -0.3 is 14.9 Å². The Bertz CT molecular complexity index is 902. The van der Waals surface area contributed by atoms with Gasteiger partial charge in [0.25, 0.3) is 0 Å². The maximum atomic E-state index is 13.5. The molecule has 1 unspecified atom stereocenters. The van der Waals surface area contributed by atoms with E-state index in [1.807, 2.05) is 0 Å². The second kappa shape index (κ2) is 8.10. The van der Waals surface area contributed by atoms with Gasteiger partial charge in [0.1, 0.15) is 17.5 Å². The number of aliphatic hydroxyl groups excluding tert-OH is 1. The van der Waals surface area contributed by atoms with Crippen LogP contribution in [0, 0.1) is 23.2 Å². The molecule has 0 aromatic carbocycles. The molecule has 5 fully saturated rings. The Morgan fingerprint density at radius 1 is 1.03 bits per heavy atom. The fourth-order valence-electron chi connectivity index (χ4n) is 7.80. The average molecular weight is 459 g/mol. The van der Waals surface area contributed by atoms with Crippen molar-refractivity contribution in [3.8, 4) is 0 Å². The minimum Gasteiger partial charge on any atom is -0.476 e. The summed E-state index contributed by atoms with van der Waals surface area (Å²) >= 11 is 0. The first kappa shape index (κ1) is 22.9. The highest BCUT2D eigenvalue weighted by atomic mass is 16.6. The highest BCUT2D eigenvalue weighted by Gasteiger charge is 2.56. The number of carbonyl (C=O) groups is 2. The van der Waals surface area contributed by atoms with E-state index < -0.39 is 23.8 Å². The molecule has 0 amide bonds. The molecule has 7 heteroatoms. The van der Waals surface area contributed by atoms with Gasteiger partial charge in [0.05, 0.1) is 5.69 Å². The molecule has 0 spiro atoms. The lowest BCUT2D eigenvalue weighted by Crippen LogP contribution is -2.49. The van der Waals surface area contributed by atoms with Crippen LogP contribution < -0.4 is 0 Å². The number of carboxylic acids is 1. The van der Waals surface area contributed by atoms with E-state index in [1.54, 1.807) is 20.8 Å². The van der Waals surface area contributed by atoms with Crippen LogP contribution in [0.25, 0.3) is 0 Å². The molecule has 5 aliphatic rings. The maximum absolute atomic E-state index is 13.5. The lowest BCUT2D eigenvalue weighted by atomic mass is 9.48. The summed E-state index contributed by atoms with van der Waals surface area (Å²) in [5.74, 6) is 1.05. The van der Waals surface area contributed by atoms with E-state index >= 15 is 0 Å². The number of hydrogen-bond acceptors (Lipinski definition) is 5. The first-order valence-electron chi connectivity index (χ1n) is 12.8. The van der Waals surface area contributed by atoms with E-state index in [0.29, 0.717) is 23.6 Å². The summed E-state index contributed by atoms with van der Waals surface area (Å²) in [6.45, 7) is 5.40.